The first kappa shape index (κ1) is 15.5. The third-order valence-electron chi connectivity index (χ3n) is 1.70. The molecule has 0 saturated carbocycles. The Hall–Kier alpha value is -1.46. The Labute approximate surface area is 101 Å². The van der Waals surface area contributed by atoms with Gasteiger partial charge in [0.15, 0.2) is 0 Å². The first-order chi connectivity index (χ1) is 7.81. The first-order valence-corrected chi connectivity index (χ1v) is 5.46. The molecule has 0 radical (unpaired) electrons. The van der Waals surface area contributed by atoms with Gasteiger partial charge in [0.05, 0.1) is 6.61 Å². The largest absolute Gasteiger partial charge is 0.511 e. The van der Waals surface area contributed by atoms with Crippen molar-refractivity contribution < 1.29 is 14.3 Å². The molecule has 0 N–H and O–H groups in total. The van der Waals surface area contributed by atoms with Crippen molar-refractivity contribution in [3.8, 4) is 0 Å². The van der Waals surface area contributed by atoms with Gasteiger partial charge in [0.2, 0.25) is 0 Å². The fraction of sp³-hybridized carbons (Fsp3) is 0.900. The van der Waals surface area contributed by atoms with Crippen LogP contribution < -0.4 is 0 Å². The third kappa shape index (κ3) is 6.65. The lowest BCUT2D eigenvalue weighted by atomic mass is 10.2. The van der Waals surface area contributed by atoms with Crippen LogP contribution in [0.1, 0.15) is 34.6 Å². The zero-order valence-electron chi connectivity index (χ0n) is 11.0. The molecular formula is C10H20N4O3. The van der Waals surface area contributed by atoms with Gasteiger partial charge in [0.25, 0.3) is 0 Å². The van der Waals surface area contributed by atoms with Gasteiger partial charge < -0.3 is 9.47 Å². The van der Waals surface area contributed by atoms with Crippen LogP contribution in [0.25, 0.3) is 10.4 Å². The molecule has 0 aliphatic rings. The summed E-state index contributed by atoms with van der Waals surface area (Å²) in [6.45, 7) is 9.61. The van der Waals surface area contributed by atoms with E-state index in [1.165, 1.54) is 0 Å². The summed E-state index contributed by atoms with van der Waals surface area (Å²) >= 11 is 0. The van der Waals surface area contributed by atoms with E-state index < -0.39 is 11.7 Å². The molecule has 1 unspecified atom stereocenters. The Balaban J connectivity index is 4.61. The number of hydrogen-bond acceptors (Lipinski definition) is 4. The Kier molecular flexibility index (Phi) is 6.38. The van der Waals surface area contributed by atoms with Crippen LogP contribution in [0.15, 0.2) is 5.22 Å². The molecule has 0 rings (SSSR count). The molecule has 17 heavy (non-hydrogen) atoms. The van der Waals surface area contributed by atoms with E-state index in [0.717, 1.165) is 5.01 Å². The number of ether oxygens (including phenoxy) is 2. The van der Waals surface area contributed by atoms with Crippen molar-refractivity contribution in [1.82, 2.24) is 5.01 Å². The quantitative estimate of drug-likeness (QED) is 0.322. The van der Waals surface area contributed by atoms with Gasteiger partial charge in [-0.05, 0) is 39.8 Å². The Morgan fingerprint density at radius 2 is 2.12 bits per heavy atom. The topological polar surface area (TPSA) is 87.5 Å². The molecule has 7 heteroatoms. The van der Waals surface area contributed by atoms with Gasteiger partial charge in [0.1, 0.15) is 11.6 Å². The Bertz CT molecular complexity index is 294. The van der Waals surface area contributed by atoms with Crippen LogP contribution in [-0.4, -0.2) is 36.0 Å². The Morgan fingerprint density at radius 1 is 1.53 bits per heavy atom. The van der Waals surface area contributed by atoms with Crippen LogP contribution in [0.5, 0.6) is 0 Å². The minimum atomic E-state index is -0.678. The van der Waals surface area contributed by atoms with Crippen molar-refractivity contribution in [2.45, 2.75) is 46.3 Å². The average Bonchev–Trinajstić information content (AvgIpc) is 2.19. The average molecular weight is 244 g/mol. The Morgan fingerprint density at radius 3 is 2.53 bits per heavy atom. The molecule has 0 aromatic heterocycles. The molecule has 0 bridgehead atoms. The standard InChI is InChI=1S/C10H20N4O3/c1-6-16-7-8(2)14(13-12-11)9(15)17-10(3,4)5/h8H,6-7H2,1-5H3. The summed E-state index contributed by atoms with van der Waals surface area (Å²) in [5.74, 6) is 0. The third-order valence-corrected chi connectivity index (χ3v) is 1.70. The van der Waals surface area contributed by atoms with Gasteiger partial charge in [-0.3, -0.25) is 0 Å². The fourth-order valence-electron chi connectivity index (χ4n) is 1.02. The highest BCUT2D eigenvalue weighted by Gasteiger charge is 2.29. The van der Waals surface area contributed by atoms with Crippen molar-refractivity contribution in [2.75, 3.05) is 13.2 Å². The summed E-state index contributed by atoms with van der Waals surface area (Å²) in [6.07, 6.45) is -0.678. The van der Waals surface area contributed by atoms with Crippen LogP contribution in [0.3, 0.4) is 0 Å². The van der Waals surface area contributed by atoms with Crippen LogP contribution in [-0.2, 0) is 9.47 Å². The molecule has 0 aromatic carbocycles. The predicted octanol–water partition coefficient (Wildman–Crippen LogP) is 2.87. The van der Waals surface area contributed by atoms with E-state index in [1.54, 1.807) is 27.7 Å². The fourth-order valence-corrected chi connectivity index (χ4v) is 1.02. The lowest BCUT2D eigenvalue weighted by Crippen LogP contribution is -2.40. The number of carbonyl (C=O) groups excluding carboxylic acids is 1. The van der Waals surface area contributed by atoms with Crippen LogP contribution in [0, 0.1) is 0 Å². The summed E-state index contributed by atoms with van der Waals surface area (Å²) in [6, 6.07) is -0.374. The van der Waals surface area contributed by atoms with Crippen LogP contribution >= 0.6 is 0 Å². The normalized spacial score (nSPS) is 12.5. The van der Waals surface area contributed by atoms with Gasteiger partial charge in [0, 0.05) is 6.61 Å². The monoisotopic (exact) mass is 244 g/mol. The minimum Gasteiger partial charge on any atom is -0.425 e. The molecule has 7 nitrogen and oxygen atoms in total. The zero-order chi connectivity index (χ0) is 13.5. The second kappa shape index (κ2) is 6.98. The van der Waals surface area contributed by atoms with Crippen molar-refractivity contribution in [2.24, 2.45) is 5.22 Å². The lowest BCUT2D eigenvalue weighted by molar-refractivity contribution is 0.00494. The number of carbonyl (C=O) groups is 1. The van der Waals surface area contributed by atoms with Gasteiger partial charge in [-0.15, -0.1) is 10.5 Å². The second-order valence-corrected chi connectivity index (χ2v) is 4.51. The van der Waals surface area contributed by atoms with Gasteiger partial charge in [-0.25, -0.2) is 0 Å². The molecule has 0 saturated heterocycles. The summed E-state index contributed by atoms with van der Waals surface area (Å²) in [7, 11) is 0. The molecule has 0 fully saturated rings. The van der Waals surface area contributed by atoms with E-state index in [2.05, 4.69) is 10.1 Å². The smallest absolute Gasteiger partial charge is 0.425 e. The highest BCUT2D eigenvalue weighted by molar-refractivity contribution is 5.68. The van der Waals surface area contributed by atoms with Gasteiger partial charge >= 0.3 is 6.09 Å². The van der Waals surface area contributed by atoms with E-state index in [4.69, 9.17) is 15.0 Å². The highest BCUT2D eigenvalue weighted by Crippen LogP contribution is 2.12. The van der Waals surface area contributed by atoms with E-state index in [0.29, 0.717) is 6.61 Å². The zero-order valence-corrected chi connectivity index (χ0v) is 11.0. The van der Waals surface area contributed by atoms with Crippen LogP contribution in [0.2, 0.25) is 0 Å². The number of nitrogens with zero attached hydrogens (tertiary/aromatic N) is 4. The summed E-state index contributed by atoms with van der Waals surface area (Å²) < 4.78 is 10.3. The summed E-state index contributed by atoms with van der Waals surface area (Å²) in [4.78, 5) is 14.3. The minimum absolute atomic E-state index is 0.286. The van der Waals surface area contributed by atoms with Crippen molar-refractivity contribution in [3.05, 3.63) is 10.4 Å². The van der Waals surface area contributed by atoms with Crippen molar-refractivity contribution in [3.63, 3.8) is 0 Å². The van der Waals surface area contributed by atoms with Crippen LogP contribution in [0.4, 0.5) is 4.79 Å². The number of hydrogen-bond donors (Lipinski definition) is 0. The molecular weight excluding hydrogens is 224 g/mol. The van der Waals surface area contributed by atoms with E-state index in [-0.39, 0.29) is 12.6 Å². The highest BCUT2D eigenvalue weighted by atomic mass is 16.6. The van der Waals surface area contributed by atoms with E-state index in [1.807, 2.05) is 6.92 Å². The SMILES string of the molecule is CCOCC(C)N(N=[N+]=[N-])C(=O)OC(C)(C)C. The molecule has 1 atom stereocenters. The predicted molar refractivity (Wildman–Crippen MR) is 63.2 cm³/mol. The molecule has 0 aromatic rings. The maximum absolute atomic E-state index is 11.7. The lowest BCUT2D eigenvalue weighted by Gasteiger charge is -2.23. The first-order valence-electron chi connectivity index (χ1n) is 5.46. The molecule has 0 aliphatic heterocycles. The summed E-state index contributed by atoms with van der Waals surface area (Å²) in [5.41, 5.74) is 7.79. The van der Waals surface area contributed by atoms with Crippen molar-refractivity contribution >= 4 is 6.09 Å². The maximum atomic E-state index is 11.7. The molecule has 0 heterocycles. The maximum Gasteiger partial charge on any atom is 0.511 e. The van der Waals surface area contributed by atoms with E-state index in [9.17, 15) is 4.79 Å². The second-order valence-electron chi connectivity index (χ2n) is 4.51. The van der Waals surface area contributed by atoms with Crippen molar-refractivity contribution in [1.29, 1.82) is 0 Å². The van der Waals surface area contributed by atoms with E-state index >= 15 is 0 Å². The summed E-state index contributed by atoms with van der Waals surface area (Å²) in [5, 5.41) is 4.27. The number of amides is 1. The number of azide groups is 1. The molecule has 0 aliphatic carbocycles. The molecule has 0 spiro atoms. The molecule has 1 amide bonds. The van der Waals surface area contributed by atoms with Gasteiger partial charge in [-0.1, -0.05) is 0 Å². The van der Waals surface area contributed by atoms with Gasteiger partial charge in [-0.2, -0.15) is 9.71 Å². The number of rotatable bonds is 5. The molecule has 98 valence electrons.